The van der Waals surface area contributed by atoms with Crippen LogP contribution in [0.1, 0.15) is 6.42 Å². The Morgan fingerprint density at radius 3 is 3.00 bits per heavy atom. The van der Waals surface area contributed by atoms with Gasteiger partial charge in [-0.3, -0.25) is 4.72 Å². The first-order valence-corrected chi connectivity index (χ1v) is 3.72. The van der Waals surface area contributed by atoms with Gasteiger partial charge in [-0.15, -0.1) is 0 Å². The molecule has 1 heterocycles. The van der Waals surface area contributed by atoms with Crippen LogP contribution < -0.4 is 4.72 Å². The topological polar surface area (TPSA) is 29.1 Å². The highest BCUT2D eigenvalue weighted by atomic mass is 32.2. The molecular formula is C5H9NOS. The van der Waals surface area contributed by atoms with Crippen LogP contribution in [-0.4, -0.2) is 18.6 Å². The van der Waals surface area contributed by atoms with E-state index in [2.05, 4.69) is 4.72 Å². The smallest absolute Gasteiger partial charge is 0.124 e. The summed E-state index contributed by atoms with van der Waals surface area (Å²) in [5.74, 6) is 1.35. The molecule has 1 aliphatic rings. The monoisotopic (exact) mass is 131 g/mol. The Kier molecular flexibility index (Phi) is 2.36. The second kappa shape index (κ2) is 3.10. The third-order valence-corrected chi connectivity index (χ3v) is 2.04. The quantitative estimate of drug-likeness (QED) is 0.413. The number of carbonyl (C=O) groups excluding carboxylic acids is 1. The van der Waals surface area contributed by atoms with Gasteiger partial charge in [-0.1, -0.05) is 11.9 Å². The summed E-state index contributed by atoms with van der Waals surface area (Å²) in [6.45, 7) is 0.855. The second-order valence-electron chi connectivity index (χ2n) is 1.88. The summed E-state index contributed by atoms with van der Waals surface area (Å²) in [7, 11) is 0. The first kappa shape index (κ1) is 6.11. The van der Waals surface area contributed by atoms with E-state index in [4.69, 9.17) is 0 Å². The Labute approximate surface area is 53.2 Å². The summed E-state index contributed by atoms with van der Waals surface area (Å²) in [6.07, 6.45) is 2.08. The van der Waals surface area contributed by atoms with Crippen molar-refractivity contribution in [3.8, 4) is 0 Å². The summed E-state index contributed by atoms with van der Waals surface area (Å²) in [5, 5.41) is 0. The van der Waals surface area contributed by atoms with E-state index in [1.807, 2.05) is 0 Å². The first-order chi connectivity index (χ1) is 3.93. The van der Waals surface area contributed by atoms with Gasteiger partial charge in [0.25, 0.3) is 0 Å². The van der Waals surface area contributed by atoms with E-state index in [0.29, 0.717) is 0 Å². The Morgan fingerprint density at radius 1 is 1.75 bits per heavy atom. The highest BCUT2D eigenvalue weighted by Crippen LogP contribution is 2.10. The van der Waals surface area contributed by atoms with Crippen molar-refractivity contribution < 1.29 is 4.79 Å². The minimum Gasteiger partial charge on any atom is -0.303 e. The summed E-state index contributed by atoms with van der Waals surface area (Å²) >= 11 is 1.71. The lowest BCUT2D eigenvalue weighted by Gasteiger charge is -2.15. The van der Waals surface area contributed by atoms with Crippen LogP contribution in [0.25, 0.3) is 0 Å². The minimum atomic E-state index is 0.274. The molecule has 1 fully saturated rings. The van der Waals surface area contributed by atoms with Gasteiger partial charge in [0, 0.05) is 18.2 Å². The zero-order valence-corrected chi connectivity index (χ0v) is 5.41. The lowest BCUT2D eigenvalue weighted by Crippen LogP contribution is -2.24. The lowest BCUT2D eigenvalue weighted by atomic mass is 10.1. The molecule has 46 valence electrons. The molecule has 0 radical (unpaired) electrons. The van der Waals surface area contributed by atoms with Crippen molar-refractivity contribution >= 4 is 18.2 Å². The summed E-state index contributed by atoms with van der Waals surface area (Å²) in [4.78, 5) is 10.1. The van der Waals surface area contributed by atoms with Crippen molar-refractivity contribution in [1.29, 1.82) is 0 Å². The Morgan fingerprint density at radius 2 is 2.62 bits per heavy atom. The molecule has 0 amide bonds. The van der Waals surface area contributed by atoms with Gasteiger partial charge < -0.3 is 4.79 Å². The fourth-order valence-electron chi connectivity index (χ4n) is 0.667. The van der Waals surface area contributed by atoms with Crippen molar-refractivity contribution in [3.63, 3.8) is 0 Å². The summed E-state index contributed by atoms with van der Waals surface area (Å²) in [5.41, 5.74) is 0. The molecule has 0 aromatic heterocycles. The maximum atomic E-state index is 10.1. The molecule has 8 heavy (non-hydrogen) atoms. The maximum absolute atomic E-state index is 10.1. The van der Waals surface area contributed by atoms with E-state index in [0.717, 1.165) is 25.0 Å². The van der Waals surface area contributed by atoms with Gasteiger partial charge >= 0.3 is 0 Å². The molecule has 0 bridgehead atoms. The molecular weight excluding hydrogens is 122 g/mol. The van der Waals surface area contributed by atoms with Crippen molar-refractivity contribution in [2.24, 2.45) is 5.92 Å². The van der Waals surface area contributed by atoms with Crippen LogP contribution in [0.15, 0.2) is 0 Å². The van der Waals surface area contributed by atoms with Crippen LogP contribution in [0, 0.1) is 5.92 Å². The van der Waals surface area contributed by atoms with Crippen LogP contribution in [0.3, 0.4) is 0 Å². The molecule has 0 saturated carbocycles. The van der Waals surface area contributed by atoms with E-state index < -0.39 is 0 Å². The van der Waals surface area contributed by atoms with Crippen LogP contribution in [0.4, 0.5) is 0 Å². The summed E-state index contributed by atoms with van der Waals surface area (Å²) < 4.78 is 3.07. The molecule has 0 aliphatic carbocycles. The number of nitrogens with one attached hydrogen (secondary N) is 1. The van der Waals surface area contributed by atoms with E-state index >= 15 is 0 Å². The zero-order chi connectivity index (χ0) is 5.82. The van der Waals surface area contributed by atoms with Gasteiger partial charge in [-0.25, -0.2) is 0 Å². The minimum absolute atomic E-state index is 0.274. The molecule has 0 aromatic rings. The molecule has 2 nitrogen and oxygen atoms in total. The van der Waals surface area contributed by atoms with Crippen molar-refractivity contribution in [1.82, 2.24) is 4.72 Å². The van der Waals surface area contributed by atoms with E-state index in [1.54, 1.807) is 11.9 Å². The number of carbonyl (C=O) groups is 1. The number of hydrogen-bond donors (Lipinski definition) is 1. The van der Waals surface area contributed by atoms with Crippen molar-refractivity contribution in [2.75, 3.05) is 12.3 Å². The SMILES string of the molecule is O=CC1CCSNC1. The average molecular weight is 131 g/mol. The van der Waals surface area contributed by atoms with Gasteiger partial charge in [-0.05, 0) is 6.42 Å². The second-order valence-corrected chi connectivity index (χ2v) is 2.87. The Bertz CT molecular complexity index is 80.5. The molecule has 1 rings (SSSR count). The highest BCUT2D eigenvalue weighted by Gasteiger charge is 2.10. The van der Waals surface area contributed by atoms with E-state index in [1.165, 1.54) is 0 Å². The highest BCUT2D eigenvalue weighted by molar-refractivity contribution is 7.97. The van der Waals surface area contributed by atoms with Crippen LogP contribution in [0.2, 0.25) is 0 Å². The third-order valence-electron chi connectivity index (χ3n) is 1.23. The maximum Gasteiger partial charge on any atom is 0.124 e. The van der Waals surface area contributed by atoms with Gasteiger partial charge in [0.15, 0.2) is 0 Å². The third kappa shape index (κ3) is 1.49. The number of rotatable bonds is 1. The van der Waals surface area contributed by atoms with Crippen LogP contribution >= 0.6 is 11.9 Å². The largest absolute Gasteiger partial charge is 0.303 e. The molecule has 0 aromatic carbocycles. The molecule has 1 aliphatic heterocycles. The average Bonchev–Trinajstić information content (AvgIpc) is 1.90. The Balaban J connectivity index is 2.22. The predicted molar refractivity (Wildman–Crippen MR) is 34.6 cm³/mol. The first-order valence-electron chi connectivity index (χ1n) is 2.73. The predicted octanol–water partition coefficient (Wildman–Crippen LogP) is 0.443. The van der Waals surface area contributed by atoms with Crippen LogP contribution in [0.5, 0.6) is 0 Å². The van der Waals surface area contributed by atoms with Crippen molar-refractivity contribution in [3.05, 3.63) is 0 Å². The van der Waals surface area contributed by atoms with Gasteiger partial charge in [-0.2, -0.15) is 0 Å². The van der Waals surface area contributed by atoms with E-state index in [-0.39, 0.29) is 5.92 Å². The zero-order valence-electron chi connectivity index (χ0n) is 4.59. The standard InChI is InChI=1S/C5H9NOS/c7-4-5-1-2-8-6-3-5/h4-6H,1-3H2. The molecule has 0 spiro atoms. The lowest BCUT2D eigenvalue weighted by molar-refractivity contribution is -0.111. The molecule has 1 saturated heterocycles. The normalized spacial score (nSPS) is 29.8. The van der Waals surface area contributed by atoms with Crippen LogP contribution in [-0.2, 0) is 4.79 Å². The van der Waals surface area contributed by atoms with Gasteiger partial charge in [0.05, 0.1) is 0 Å². The van der Waals surface area contributed by atoms with Gasteiger partial charge in [0.1, 0.15) is 6.29 Å². The molecule has 3 heteroatoms. The molecule has 1 N–H and O–H groups in total. The number of aldehydes is 1. The Hall–Kier alpha value is -0.0200. The fourth-order valence-corrected chi connectivity index (χ4v) is 1.56. The van der Waals surface area contributed by atoms with Gasteiger partial charge in [0.2, 0.25) is 0 Å². The summed E-state index contributed by atoms with van der Waals surface area (Å²) in [6, 6.07) is 0. The fraction of sp³-hybridized carbons (Fsp3) is 0.800. The molecule has 1 atom stereocenters. The molecule has 1 unspecified atom stereocenters. The van der Waals surface area contributed by atoms with E-state index in [9.17, 15) is 4.79 Å². The van der Waals surface area contributed by atoms with Crippen molar-refractivity contribution in [2.45, 2.75) is 6.42 Å². The number of hydrogen-bond acceptors (Lipinski definition) is 3.